The van der Waals surface area contributed by atoms with Crippen LogP contribution in [0.2, 0.25) is 5.02 Å². The Kier molecular flexibility index (Phi) is 7.39. The zero-order valence-electron chi connectivity index (χ0n) is 15.1. The number of thioether (sulfide) groups is 1. The normalized spacial score (nSPS) is 12.6. The molecule has 0 radical (unpaired) electrons. The summed E-state index contributed by atoms with van der Waals surface area (Å²) in [5.74, 6) is 1.23. The van der Waals surface area contributed by atoms with E-state index in [1.165, 1.54) is 5.56 Å². The molecular formula is C21H26ClNOS. The molecule has 0 fully saturated rings. The molecule has 1 amide bonds. The Morgan fingerprint density at radius 1 is 1.12 bits per heavy atom. The quantitative estimate of drug-likeness (QED) is 0.644. The molecular weight excluding hydrogens is 350 g/mol. The Labute approximate surface area is 160 Å². The summed E-state index contributed by atoms with van der Waals surface area (Å²) in [7, 11) is 0. The maximum absolute atomic E-state index is 12.5. The molecule has 0 saturated heterocycles. The van der Waals surface area contributed by atoms with E-state index in [0.717, 1.165) is 22.8 Å². The van der Waals surface area contributed by atoms with Crippen LogP contribution in [0, 0.1) is 0 Å². The van der Waals surface area contributed by atoms with Crippen molar-refractivity contribution in [2.24, 2.45) is 0 Å². The van der Waals surface area contributed by atoms with Crippen molar-refractivity contribution in [1.29, 1.82) is 0 Å². The molecule has 0 spiro atoms. The summed E-state index contributed by atoms with van der Waals surface area (Å²) >= 11 is 7.81. The average Bonchev–Trinajstić information content (AvgIpc) is 2.61. The van der Waals surface area contributed by atoms with Crippen molar-refractivity contribution in [2.45, 2.75) is 43.6 Å². The maximum Gasteiger partial charge on any atom is 0.235 e. The Morgan fingerprint density at radius 3 is 2.44 bits per heavy atom. The lowest BCUT2D eigenvalue weighted by Crippen LogP contribution is -2.40. The lowest BCUT2D eigenvalue weighted by atomic mass is 9.98. The highest BCUT2D eigenvalue weighted by atomic mass is 35.5. The fourth-order valence-corrected chi connectivity index (χ4v) is 3.76. The summed E-state index contributed by atoms with van der Waals surface area (Å²) in [6.45, 7) is 6.80. The first-order valence-electron chi connectivity index (χ1n) is 8.61. The molecule has 1 N–H and O–H groups in total. The van der Waals surface area contributed by atoms with Crippen LogP contribution >= 0.6 is 23.4 Å². The van der Waals surface area contributed by atoms with Gasteiger partial charge in [0.05, 0.1) is 4.75 Å². The predicted octanol–water partition coefficient (Wildman–Crippen LogP) is 5.66. The summed E-state index contributed by atoms with van der Waals surface area (Å²) < 4.78 is -0.491. The van der Waals surface area contributed by atoms with Crippen LogP contribution < -0.4 is 5.32 Å². The predicted molar refractivity (Wildman–Crippen MR) is 109 cm³/mol. The molecule has 2 aromatic rings. The Morgan fingerprint density at radius 2 is 1.76 bits per heavy atom. The van der Waals surface area contributed by atoms with Gasteiger partial charge in [0.25, 0.3) is 0 Å². The number of halogens is 1. The fraction of sp³-hybridized carbons (Fsp3) is 0.381. The van der Waals surface area contributed by atoms with Gasteiger partial charge in [-0.1, -0.05) is 67.1 Å². The first kappa shape index (κ1) is 19.9. The summed E-state index contributed by atoms with van der Waals surface area (Å²) in [6.07, 6.45) is 0.932. The molecule has 0 aliphatic rings. The minimum Gasteiger partial charge on any atom is -0.355 e. The molecule has 0 aliphatic carbocycles. The number of rotatable bonds is 8. The van der Waals surface area contributed by atoms with Crippen LogP contribution in [0.25, 0.3) is 0 Å². The summed E-state index contributed by atoms with van der Waals surface area (Å²) in [4.78, 5) is 12.5. The van der Waals surface area contributed by atoms with E-state index in [0.29, 0.717) is 12.5 Å². The van der Waals surface area contributed by atoms with Crippen molar-refractivity contribution < 1.29 is 4.79 Å². The Hall–Kier alpha value is -1.45. The number of carbonyl (C=O) groups excluding carboxylic acids is 1. The van der Waals surface area contributed by atoms with Crippen molar-refractivity contribution in [2.75, 3.05) is 6.54 Å². The van der Waals surface area contributed by atoms with Crippen LogP contribution in [0.15, 0.2) is 54.6 Å². The topological polar surface area (TPSA) is 29.1 Å². The molecule has 1 unspecified atom stereocenters. The zero-order valence-corrected chi connectivity index (χ0v) is 16.7. The molecule has 0 heterocycles. The van der Waals surface area contributed by atoms with Crippen LogP contribution in [-0.2, 0) is 10.5 Å². The highest BCUT2D eigenvalue weighted by Crippen LogP contribution is 2.30. The molecule has 0 saturated carbocycles. The van der Waals surface area contributed by atoms with Crippen molar-refractivity contribution >= 4 is 29.3 Å². The third-order valence-corrected chi connectivity index (χ3v) is 6.06. The molecule has 1 atom stereocenters. The molecule has 2 nitrogen and oxygen atoms in total. The van der Waals surface area contributed by atoms with E-state index < -0.39 is 4.75 Å². The molecule has 2 aromatic carbocycles. The first-order valence-corrected chi connectivity index (χ1v) is 9.97. The van der Waals surface area contributed by atoms with Gasteiger partial charge in [-0.3, -0.25) is 4.79 Å². The summed E-state index contributed by atoms with van der Waals surface area (Å²) in [6, 6.07) is 18.2. The van der Waals surface area contributed by atoms with E-state index in [1.807, 2.05) is 44.2 Å². The molecule has 4 heteroatoms. The van der Waals surface area contributed by atoms with Gasteiger partial charge in [-0.05, 0) is 43.4 Å². The monoisotopic (exact) mass is 375 g/mol. The van der Waals surface area contributed by atoms with E-state index in [2.05, 4.69) is 36.5 Å². The Bertz CT molecular complexity index is 687. The first-order chi connectivity index (χ1) is 11.9. The van der Waals surface area contributed by atoms with Crippen LogP contribution in [-0.4, -0.2) is 17.2 Å². The molecule has 0 bridgehead atoms. The number of nitrogens with one attached hydrogen (secondary N) is 1. The number of amides is 1. The zero-order chi connectivity index (χ0) is 18.3. The van der Waals surface area contributed by atoms with Crippen molar-refractivity contribution in [3.8, 4) is 0 Å². The standard InChI is InChI=1S/C21H26ClNOS/c1-16(17-9-5-4-6-10-17)13-14-23-20(24)21(2,3)25-15-18-11-7-8-12-19(18)22/h4-12,16H,13-15H2,1-3H3,(H,23,24). The van der Waals surface area contributed by atoms with E-state index in [1.54, 1.807) is 11.8 Å². The minimum atomic E-state index is -0.491. The molecule has 25 heavy (non-hydrogen) atoms. The van der Waals surface area contributed by atoms with E-state index >= 15 is 0 Å². The van der Waals surface area contributed by atoms with Gasteiger partial charge in [0.1, 0.15) is 0 Å². The van der Waals surface area contributed by atoms with Gasteiger partial charge in [0, 0.05) is 17.3 Å². The van der Waals surface area contributed by atoms with Crippen molar-refractivity contribution in [1.82, 2.24) is 5.32 Å². The van der Waals surface area contributed by atoms with Crippen molar-refractivity contribution in [3.05, 3.63) is 70.7 Å². The number of benzene rings is 2. The molecule has 0 aliphatic heterocycles. The second kappa shape index (κ2) is 9.30. The fourth-order valence-electron chi connectivity index (χ4n) is 2.50. The number of hydrogen-bond acceptors (Lipinski definition) is 2. The second-order valence-corrected chi connectivity index (χ2v) is 8.75. The van der Waals surface area contributed by atoms with Gasteiger partial charge in [0.2, 0.25) is 5.91 Å². The van der Waals surface area contributed by atoms with E-state index in [-0.39, 0.29) is 5.91 Å². The minimum absolute atomic E-state index is 0.0739. The summed E-state index contributed by atoms with van der Waals surface area (Å²) in [5.41, 5.74) is 2.37. The molecule has 134 valence electrons. The third kappa shape index (κ3) is 6.09. The highest BCUT2D eigenvalue weighted by Gasteiger charge is 2.28. The van der Waals surface area contributed by atoms with Crippen LogP contribution in [0.3, 0.4) is 0 Å². The van der Waals surface area contributed by atoms with Crippen LogP contribution in [0.5, 0.6) is 0 Å². The smallest absolute Gasteiger partial charge is 0.235 e. The van der Waals surface area contributed by atoms with E-state index in [4.69, 9.17) is 11.6 Å². The van der Waals surface area contributed by atoms with Gasteiger partial charge >= 0.3 is 0 Å². The molecule has 2 rings (SSSR count). The lowest BCUT2D eigenvalue weighted by Gasteiger charge is -2.24. The van der Waals surface area contributed by atoms with E-state index in [9.17, 15) is 4.79 Å². The summed E-state index contributed by atoms with van der Waals surface area (Å²) in [5, 5.41) is 3.83. The largest absolute Gasteiger partial charge is 0.355 e. The van der Waals surface area contributed by atoms with Gasteiger partial charge in [-0.2, -0.15) is 0 Å². The van der Waals surface area contributed by atoms with Crippen LogP contribution in [0.1, 0.15) is 44.2 Å². The molecule has 0 aromatic heterocycles. The average molecular weight is 376 g/mol. The third-order valence-electron chi connectivity index (χ3n) is 4.32. The van der Waals surface area contributed by atoms with Crippen LogP contribution in [0.4, 0.5) is 0 Å². The van der Waals surface area contributed by atoms with Gasteiger partial charge in [-0.15, -0.1) is 11.8 Å². The SMILES string of the molecule is CC(CCNC(=O)C(C)(C)SCc1ccccc1Cl)c1ccccc1. The maximum atomic E-state index is 12.5. The Balaban J connectivity index is 1.79. The number of hydrogen-bond donors (Lipinski definition) is 1. The van der Waals surface area contributed by atoms with Gasteiger partial charge in [-0.25, -0.2) is 0 Å². The van der Waals surface area contributed by atoms with Crippen molar-refractivity contribution in [3.63, 3.8) is 0 Å². The van der Waals surface area contributed by atoms with Gasteiger partial charge < -0.3 is 5.32 Å². The second-order valence-electron chi connectivity index (χ2n) is 6.75. The highest BCUT2D eigenvalue weighted by molar-refractivity contribution is 8.00. The lowest BCUT2D eigenvalue weighted by molar-refractivity contribution is -0.122. The number of carbonyl (C=O) groups is 1. The van der Waals surface area contributed by atoms with Gasteiger partial charge in [0.15, 0.2) is 0 Å².